The van der Waals surface area contributed by atoms with Crippen LogP contribution in [0, 0.1) is 0 Å². The maximum atomic E-state index is 3.79. The second kappa shape index (κ2) is 10.4. The van der Waals surface area contributed by atoms with E-state index in [1.54, 1.807) is 9.75 Å². The molecule has 21 heavy (non-hydrogen) atoms. The Hall–Kier alpha value is 0.660. The Bertz CT molecular complexity index is 375. The fourth-order valence-electron chi connectivity index (χ4n) is 3.14. The van der Waals surface area contributed by atoms with Gasteiger partial charge >= 0.3 is 0 Å². The molecule has 0 aliphatic carbocycles. The standard InChI is InChI=1S/C18H28Br2S/c19-17-15-13-11-9-7-5-3-1-2-4-6-8-10-12-14-16(21-15)18(17)20/h1-14H2. The molecule has 0 saturated carbocycles. The molecule has 120 valence electrons. The van der Waals surface area contributed by atoms with Crippen LogP contribution in [-0.4, -0.2) is 0 Å². The van der Waals surface area contributed by atoms with Gasteiger partial charge in [-0.3, -0.25) is 0 Å². The molecule has 3 heteroatoms. The molecule has 0 N–H and O–H groups in total. The Kier molecular flexibility index (Phi) is 8.95. The van der Waals surface area contributed by atoms with Crippen LogP contribution in [0.5, 0.6) is 0 Å². The molecule has 1 aliphatic rings. The SMILES string of the molecule is Brc1c2sc(c1Br)CCCCCCCCCCCCCC2. The van der Waals surface area contributed by atoms with E-state index in [0.717, 1.165) is 0 Å². The first kappa shape index (κ1) is 18.0. The lowest BCUT2D eigenvalue weighted by molar-refractivity contribution is 0.541. The molecule has 0 fully saturated rings. The van der Waals surface area contributed by atoms with Crippen LogP contribution in [0.15, 0.2) is 8.95 Å². The third-order valence-corrected chi connectivity index (χ3v) is 8.60. The zero-order valence-corrected chi connectivity index (χ0v) is 17.1. The molecule has 0 amide bonds. The zero-order valence-electron chi connectivity index (χ0n) is 13.1. The number of aryl methyl sites for hydroxylation is 2. The first-order valence-electron chi connectivity index (χ1n) is 8.74. The Morgan fingerprint density at radius 1 is 0.476 bits per heavy atom. The molecule has 1 aliphatic heterocycles. The van der Waals surface area contributed by atoms with Crippen LogP contribution in [0.1, 0.15) is 86.8 Å². The molecule has 2 rings (SSSR count). The van der Waals surface area contributed by atoms with Crippen LogP contribution in [0.2, 0.25) is 0 Å². The van der Waals surface area contributed by atoms with Crippen LogP contribution in [0.4, 0.5) is 0 Å². The minimum Gasteiger partial charge on any atom is -0.143 e. The second-order valence-electron chi connectivity index (χ2n) is 6.32. The van der Waals surface area contributed by atoms with Crippen molar-refractivity contribution in [2.45, 2.75) is 89.9 Å². The third kappa shape index (κ3) is 6.35. The van der Waals surface area contributed by atoms with Gasteiger partial charge < -0.3 is 0 Å². The molecule has 1 aromatic heterocycles. The van der Waals surface area contributed by atoms with Crippen molar-refractivity contribution in [3.8, 4) is 0 Å². The fraction of sp³-hybridized carbons (Fsp3) is 0.778. The van der Waals surface area contributed by atoms with E-state index >= 15 is 0 Å². The van der Waals surface area contributed by atoms with Gasteiger partial charge in [0.1, 0.15) is 0 Å². The summed E-state index contributed by atoms with van der Waals surface area (Å²) in [5.41, 5.74) is 0. The van der Waals surface area contributed by atoms with Crippen LogP contribution in [0.3, 0.4) is 0 Å². The van der Waals surface area contributed by atoms with Gasteiger partial charge in [0.05, 0.1) is 0 Å². The van der Waals surface area contributed by atoms with E-state index in [1.807, 2.05) is 11.3 Å². The highest BCUT2D eigenvalue weighted by Gasteiger charge is 2.13. The van der Waals surface area contributed by atoms with Gasteiger partial charge in [0, 0.05) is 18.7 Å². The molecule has 0 radical (unpaired) electrons. The summed E-state index contributed by atoms with van der Waals surface area (Å²) in [6.07, 6.45) is 19.6. The summed E-state index contributed by atoms with van der Waals surface area (Å²) in [7, 11) is 0. The first-order valence-corrected chi connectivity index (χ1v) is 11.1. The summed E-state index contributed by atoms with van der Waals surface area (Å²) < 4.78 is 2.67. The summed E-state index contributed by atoms with van der Waals surface area (Å²) in [6.45, 7) is 0. The van der Waals surface area contributed by atoms with Crippen molar-refractivity contribution in [3.05, 3.63) is 18.7 Å². The quantitative estimate of drug-likeness (QED) is 0.386. The van der Waals surface area contributed by atoms with E-state index in [4.69, 9.17) is 0 Å². The van der Waals surface area contributed by atoms with E-state index in [9.17, 15) is 0 Å². The first-order chi connectivity index (χ1) is 10.3. The lowest BCUT2D eigenvalue weighted by atomic mass is 10.0. The van der Waals surface area contributed by atoms with Crippen molar-refractivity contribution in [3.63, 3.8) is 0 Å². The van der Waals surface area contributed by atoms with E-state index in [-0.39, 0.29) is 0 Å². The lowest BCUT2D eigenvalue weighted by Crippen LogP contribution is -1.86. The van der Waals surface area contributed by atoms with Gasteiger partial charge in [-0.1, -0.05) is 64.2 Å². The van der Waals surface area contributed by atoms with Gasteiger partial charge in [-0.15, -0.1) is 11.3 Å². The molecule has 0 saturated heterocycles. The Morgan fingerprint density at radius 2 is 0.762 bits per heavy atom. The summed E-state index contributed by atoms with van der Waals surface area (Å²) >= 11 is 9.61. The van der Waals surface area contributed by atoms with E-state index in [2.05, 4.69) is 31.9 Å². The fourth-order valence-corrected chi connectivity index (χ4v) is 5.94. The van der Waals surface area contributed by atoms with Crippen LogP contribution < -0.4 is 0 Å². The predicted octanol–water partition coefficient (Wildman–Crippen LogP) is 8.05. The van der Waals surface area contributed by atoms with Gasteiger partial charge in [-0.05, 0) is 57.5 Å². The van der Waals surface area contributed by atoms with Gasteiger partial charge in [-0.25, -0.2) is 0 Å². The van der Waals surface area contributed by atoms with Crippen molar-refractivity contribution >= 4 is 43.2 Å². The summed E-state index contributed by atoms with van der Waals surface area (Å²) in [5, 5.41) is 0. The lowest BCUT2D eigenvalue weighted by Gasteiger charge is -2.03. The monoisotopic (exact) mass is 434 g/mol. The van der Waals surface area contributed by atoms with Crippen molar-refractivity contribution in [1.82, 2.24) is 0 Å². The summed E-state index contributed by atoms with van der Waals surface area (Å²) in [4.78, 5) is 3.11. The largest absolute Gasteiger partial charge is 0.143 e. The van der Waals surface area contributed by atoms with Gasteiger partial charge in [-0.2, -0.15) is 0 Å². The number of hydrogen-bond acceptors (Lipinski definition) is 1. The molecular formula is C18H28Br2S. The van der Waals surface area contributed by atoms with Crippen LogP contribution in [0.25, 0.3) is 0 Å². The molecule has 2 bridgehead atoms. The van der Waals surface area contributed by atoms with Crippen LogP contribution >= 0.6 is 43.2 Å². The zero-order chi connectivity index (χ0) is 14.9. The third-order valence-electron chi connectivity index (χ3n) is 4.49. The predicted molar refractivity (Wildman–Crippen MR) is 103 cm³/mol. The Balaban J connectivity index is 1.89. The maximum absolute atomic E-state index is 3.79. The van der Waals surface area contributed by atoms with Crippen molar-refractivity contribution in [2.75, 3.05) is 0 Å². The number of rotatable bonds is 0. The smallest absolute Gasteiger partial charge is 0.0459 e. The molecule has 0 unspecified atom stereocenters. The summed E-state index contributed by atoms with van der Waals surface area (Å²) in [6, 6.07) is 0. The van der Waals surface area contributed by atoms with Crippen molar-refractivity contribution in [2.24, 2.45) is 0 Å². The molecule has 0 atom stereocenters. The molecule has 2 heterocycles. The Morgan fingerprint density at radius 3 is 1.10 bits per heavy atom. The van der Waals surface area contributed by atoms with Gasteiger partial charge in [0.2, 0.25) is 0 Å². The molecule has 0 spiro atoms. The number of halogens is 2. The van der Waals surface area contributed by atoms with Gasteiger partial charge in [0.15, 0.2) is 0 Å². The normalized spacial score (nSPS) is 20.1. The highest BCUT2D eigenvalue weighted by Crippen LogP contribution is 2.39. The van der Waals surface area contributed by atoms with Crippen molar-refractivity contribution < 1.29 is 0 Å². The average molecular weight is 436 g/mol. The number of thiophene rings is 1. The van der Waals surface area contributed by atoms with Gasteiger partial charge in [0.25, 0.3) is 0 Å². The van der Waals surface area contributed by atoms with Crippen LogP contribution in [-0.2, 0) is 12.8 Å². The van der Waals surface area contributed by atoms with Crippen molar-refractivity contribution in [1.29, 1.82) is 0 Å². The topological polar surface area (TPSA) is 0 Å². The molecule has 0 nitrogen and oxygen atoms in total. The van der Waals surface area contributed by atoms with E-state index < -0.39 is 0 Å². The minimum atomic E-state index is 1.25. The molecule has 0 aromatic carbocycles. The average Bonchev–Trinajstić information content (AvgIpc) is 2.75. The second-order valence-corrected chi connectivity index (χ2v) is 9.09. The highest BCUT2D eigenvalue weighted by molar-refractivity contribution is 9.13. The van der Waals surface area contributed by atoms with E-state index in [1.165, 1.54) is 98.8 Å². The number of fused-ring (bicyclic) bond motifs is 2. The Labute approximate surface area is 151 Å². The van der Waals surface area contributed by atoms with E-state index in [0.29, 0.717) is 0 Å². The maximum Gasteiger partial charge on any atom is 0.0459 e. The minimum absolute atomic E-state index is 1.25. The molecule has 1 aromatic rings. The number of hydrogen-bond donors (Lipinski definition) is 0. The molecular weight excluding hydrogens is 408 g/mol. The summed E-state index contributed by atoms with van der Waals surface area (Å²) in [5.74, 6) is 0. The highest BCUT2D eigenvalue weighted by atomic mass is 79.9.